The molecular formula is C16H16N2O. The van der Waals surface area contributed by atoms with Crippen molar-refractivity contribution in [3.05, 3.63) is 65.2 Å². The van der Waals surface area contributed by atoms with E-state index in [0.717, 1.165) is 16.8 Å². The summed E-state index contributed by atoms with van der Waals surface area (Å²) in [5.74, 6) is 0. The Morgan fingerprint density at radius 1 is 1.05 bits per heavy atom. The van der Waals surface area contributed by atoms with E-state index >= 15 is 0 Å². The number of nitrogens with one attached hydrogen (secondary N) is 1. The van der Waals surface area contributed by atoms with E-state index in [1.165, 1.54) is 0 Å². The fourth-order valence-electron chi connectivity index (χ4n) is 1.90. The smallest absolute Gasteiger partial charge is 0.0995 e. The van der Waals surface area contributed by atoms with Gasteiger partial charge in [0.05, 0.1) is 11.6 Å². The largest absolute Gasteiger partial charge is 0.396 e. The van der Waals surface area contributed by atoms with E-state index in [1.54, 1.807) is 0 Å². The maximum absolute atomic E-state index is 9.01. The summed E-state index contributed by atoms with van der Waals surface area (Å²) in [7, 11) is 0. The molecule has 96 valence electrons. The van der Waals surface area contributed by atoms with Crippen molar-refractivity contribution >= 4 is 5.69 Å². The first kappa shape index (κ1) is 13.1. The Kier molecular flexibility index (Phi) is 4.54. The van der Waals surface area contributed by atoms with E-state index in [4.69, 9.17) is 10.4 Å². The second kappa shape index (κ2) is 6.58. The second-order valence-corrected chi connectivity index (χ2v) is 4.29. The molecule has 0 aromatic heterocycles. The van der Waals surface area contributed by atoms with Crippen molar-refractivity contribution < 1.29 is 5.11 Å². The van der Waals surface area contributed by atoms with Gasteiger partial charge in [0.25, 0.3) is 0 Å². The molecule has 0 amide bonds. The van der Waals surface area contributed by atoms with Gasteiger partial charge < -0.3 is 10.4 Å². The van der Waals surface area contributed by atoms with Crippen LogP contribution in [-0.2, 0) is 13.0 Å². The Hall–Kier alpha value is -2.31. The third kappa shape index (κ3) is 3.57. The fraction of sp³-hybridized carbons (Fsp3) is 0.188. The van der Waals surface area contributed by atoms with E-state index in [1.807, 2.05) is 48.5 Å². The van der Waals surface area contributed by atoms with E-state index in [-0.39, 0.29) is 6.61 Å². The lowest BCUT2D eigenvalue weighted by Gasteiger charge is -2.08. The Morgan fingerprint density at radius 2 is 1.79 bits per heavy atom. The van der Waals surface area contributed by atoms with Gasteiger partial charge >= 0.3 is 0 Å². The van der Waals surface area contributed by atoms with Gasteiger partial charge in [-0.05, 0) is 35.7 Å². The van der Waals surface area contributed by atoms with Crippen LogP contribution >= 0.6 is 0 Å². The molecule has 19 heavy (non-hydrogen) atoms. The second-order valence-electron chi connectivity index (χ2n) is 4.29. The van der Waals surface area contributed by atoms with Crippen LogP contribution in [0.5, 0.6) is 0 Å². The van der Waals surface area contributed by atoms with E-state index in [0.29, 0.717) is 18.5 Å². The summed E-state index contributed by atoms with van der Waals surface area (Å²) in [5, 5.41) is 21.2. The standard InChI is InChI=1S/C16H16N2O/c17-11-14-3-1-2-4-15(14)12-18-16-7-5-13(6-8-16)9-10-19/h1-8,18-19H,9-10,12H2. The van der Waals surface area contributed by atoms with Gasteiger partial charge in [-0.1, -0.05) is 30.3 Å². The first-order valence-electron chi connectivity index (χ1n) is 6.25. The highest BCUT2D eigenvalue weighted by Gasteiger charge is 2.00. The van der Waals surface area contributed by atoms with Crippen molar-refractivity contribution in [2.45, 2.75) is 13.0 Å². The van der Waals surface area contributed by atoms with Gasteiger partial charge in [-0.3, -0.25) is 0 Å². The Labute approximate surface area is 113 Å². The minimum atomic E-state index is 0.169. The van der Waals surface area contributed by atoms with E-state index in [9.17, 15) is 0 Å². The highest BCUT2D eigenvalue weighted by Crippen LogP contribution is 2.13. The molecule has 3 heteroatoms. The molecule has 0 fully saturated rings. The van der Waals surface area contributed by atoms with Crippen LogP contribution < -0.4 is 5.32 Å². The van der Waals surface area contributed by atoms with Gasteiger partial charge in [-0.15, -0.1) is 0 Å². The number of anilines is 1. The molecule has 0 aliphatic carbocycles. The molecule has 0 aliphatic heterocycles. The fourth-order valence-corrected chi connectivity index (χ4v) is 1.90. The predicted molar refractivity (Wildman–Crippen MR) is 75.7 cm³/mol. The van der Waals surface area contributed by atoms with Gasteiger partial charge in [0.15, 0.2) is 0 Å². The Morgan fingerprint density at radius 3 is 2.47 bits per heavy atom. The predicted octanol–water partition coefficient (Wildman–Crippen LogP) is 2.71. The van der Waals surface area contributed by atoms with Crippen molar-refractivity contribution in [2.75, 3.05) is 11.9 Å². The lowest BCUT2D eigenvalue weighted by molar-refractivity contribution is 0.299. The zero-order valence-corrected chi connectivity index (χ0v) is 10.6. The van der Waals surface area contributed by atoms with Crippen LogP contribution in [0.4, 0.5) is 5.69 Å². The lowest BCUT2D eigenvalue weighted by atomic mass is 10.1. The molecule has 0 atom stereocenters. The summed E-state index contributed by atoms with van der Waals surface area (Å²) >= 11 is 0. The highest BCUT2D eigenvalue weighted by atomic mass is 16.2. The van der Waals surface area contributed by atoms with Crippen LogP contribution in [0, 0.1) is 11.3 Å². The minimum Gasteiger partial charge on any atom is -0.396 e. The number of aliphatic hydroxyl groups excluding tert-OH is 1. The van der Waals surface area contributed by atoms with Crippen molar-refractivity contribution in [1.29, 1.82) is 5.26 Å². The van der Waals surface area contributed by atoms with Gasteiger partial charge in [0.1, 0.15) is 0 Å². The van der Waals surface area contributed by atoms with Crippen molar-refractivity contribution in [1.82, 2.24) is 0 Å². The summed E-state index contributed by atoms with van der Waals surface area (Å²) in [6.07, 6.45) is 0.678. The number of nitriles is 1. The zero-order chi connectivity index (χ0) is 13.5. The number of rotatable bonds is 5. The first-order valence-corrected chi connectivity index (χ1v) is 6.25. The molecule has 0 saturated heterocycles. The first-order chi connectivity index (χ1) is 9.33. The maximum atomic E-state index is 9.01. The van der Waals surface area contributed by atoms with E-state index in [2.05, 4.69) is 11.4 Å². The van der Waals surface area contributed by atoms with Gasteiger partial charge in [0.2, 0.25) is 0 Å². The monoisotopic (exact) mass is 252 g/mol. The molecule has 0 aliphatic rings. The molecular weight excluding hydrogens is 236 g/mol. The molecule has 2 N–H and O–H groups in total. The number of benzene rings is 2. The minimum absolute atomic E-state index is 0.169. The van der Waals surface area contributed by atoms with Crippen LogP contribution in [0.25, 0.3) is 0 Å². The summed E-state index contributed by atoms with van der Waals surface area (Å²) in [6.45, 7) is 0.797. The van der Waals surface area contributed by atoms with Crippen molar-refractivity contribution in [3.8, 4) is 6.07 Å². The van der Waals surface area contributed by atoms with Crippen LogP contribution in [0.3, 0.4) is 0 Å². The number of nitrogens with zero attached hydrogens (tertiary/aromatic N) is 1. The summed E-state index contributed by atoms with van der Waals surface area (Å²) in [4.78, 5) is 0. The molecule has 2 aromatic rings. The lowest BCUT2D eigenvalue weighted by Crippen LogP contribution is -2.01. The summed E-state index contributed by atoms with van der Waals surface area (Å²) in [6, 6.07) is 17.7. The molecule has 2 aromatic carbocycles. The van der Waals surface area contributed by atoms with Gasteiger partial charge in [-0.25, -0.2) is 0 Å². The average molecular weight is 252 g/mol. The molecule has 0 heterocycles. The molecule has 0 unspecified atom stereocenters. The molecule has 2 rings (SSSR count). The Bertz CT molecular complexity index is 570. The van der Waals surface area contributed by atoms with Crippen LogP contribution in [0.1, 0.15) is 16.7 Å². The average Bonchev–Trinajstić information content (AvgIpc) is 2.47. The molecule has 0 bridgehead atoms. The van der Waals surface area contributed by atoms with Crippen LogP contribution in [0.15, 0.2) is 48.5 Å². The zero-order valence-electron chi connectivity index (χ0n) is 10.6. The normalized spacial score (nSPS) is 9.89. The number of hydrogen-bond donors (Lipinski definition) is 2. The Balaban J connectivity index is 2.00. The highest BCUT2D eigenvalue weighted by molar-refractivity contribution is 5.47. The van der Waals surface area contributed by atoms with Gasteiger partial charge in [-0.2, -0.15) is 5.26 Å². The van der Waals surface area contributed by atoms with Crippen LogP contribution in [0.2, 0.25) is 0 Å². The summed E-state index contributed by atoms with van der Waals surface area (Å²) < 4.78 is 0. The van der Waals surface area contributed by atoms with Crippen molar-refractivity contribution in [3.63, 3.8) is 0 Å². The quantitative estimate of drug-likeness (QED) is 0.860. The third-order valence-corrected chi connectivity index (χ3v) is 2.98. The molecule has 0 spiro atoms. The SMILES string of the molecule is N#Cc1ccccc1CNc1ccc(CCO)cc1. The molecule has 0 radical (unpaired) electrons. The molecule has 0 saturated carbocycles. The summed E-state index contributed by atoms with van der Waals surface area (Å²) in [5.41, 5.74) is 3.82. The number of aliphatic hydroxyl groups is 1. The maximum Gasteiger partial charge on any atom is 0.0995 e. The third-order valence-electron chi connectivity index (χ3n) is 2.98. The van der Waals surface area contributed by atoms with Crippen LogP contribution in [-0.4, -0.2) is 11.7 Å². The topological polar surface area (TPSA) is 56.0 Å². The van der Waals surface area contributed by atoms with Gasteiger partial charge in [0, 0.05) is 18.8 Å². The van der Waals surface area contributed by atoms with Crippen molar-refractivity contribution in [2.24, 2.45) is 0 Å². The number of hydrogen-bond acceptors (Lipinski definition) is 3. The molecule has 3 nitrogen and oxygen atoms in total. The van der Waals surface area contributed by atoms with E-state index < -0.39 is 0 Å².